The molecule has 0 radical (unpaired) electrons. The molecule has 0 heterocycles. The molecule has 0 atom stereocenters. The summed E-state index contributed by atoms with van der Waals surface area (Å²) in [6, 6.07) is 0. The molecule has 6 heteroatoms. The van der Waals surface area contributed by atoms with Crippen molar-refractivity contribution < 1.29 is 29.6 Å². The van der Waals surface area contributed by atoms with Crippen molar-refractivity contribution in [2.75, 3.05) is 19.6 Å². The maximum Gasteiger partial charge on any atom is 1.00 e. The molecule has 0 aromatic rings. The summed E-state index contributed by atoms with van der Waals surface area (Å²) < 4.78 is 0. The Balaban J connectivity index is -0.000000107. The zero-order valence-electron chi connectivity index (χ0n) is 6.46. The number of rotatable bonds is 3. The second-order valence-electron chi connectivity index (χ2n) is 1.22. The van der Waals surface area contributed by atoms with Crippen molar-refractivity contribution in [2.24, 2.45) is 11.1 Å². The van der Waals surface area contributed by atoms with Crippen LogP contribution >= 0.6 is 0 Å². The van der Waals surface area contributed by atoms with Gasteiger partial charge in [0.15, 0.2) is 0 Å². The summed E-state index contributed by atoms with van der Waals surface area (Å²) in [5.74, 6) is 0. The van der Waals surface area contributed by atoms with E-state index in [2.05, 4.69) is 12.2 Å². The minimum atomic E-state index is 0. The normalized spacial score (nSPS) is 6.60. The van der Waals surface area contributed by atoms with Crippen molar-refractivity contribution >= 4 is 0 Å². The summed E-state index contributed by atoms with van der Waals surface area (Å²) in [6.45, 7) is 4.77. The Morgan fingerprint density at radius 1 is 1.70 bits per heavy atom. The molecule has 0 spiro atoms. The molecule has 0 aromatic heterocycles. The molecule has 0 saturated heterocycles. The van der Waals surface area contributed by atoms with Crippen LogP contribution in [0.2, 0.25) is 0 Å². The maximum atomic E-state index is 8.00. The van der Waals surface area contributed by atoms with E-state index in [1.807, 2.05) is 0 Å². The van der Waals surface area contributed by atoms with E-state index in [1.54, 1.807) is 0 Å². The Kier molecular flexibility index (Phi) is 38.1. The number of nitrogens with two attached hydrogens (primary N) is 1. The number of likely N-dealkylation sites (N-methyl/N-ethyl adjacent to an activating group) is 1. The average molecular weight is 157 g/mol. The van der Waals surface area contributed by atoms with Crippen LogP contribution in [0.1, 0.15) is 6.92 Å². The van der Waals surface area contributed by atoms with Crippen molar-refractivity contribution in [3.8, 4) is 0 Å². The van der Waals surface area contributed by atoms with E-state index in [9.17, 15) is 0 Å². The summed E-state index contributed by atoms with van der Waals surface area (Å²) in [4.78, 5) is 8.00. The van der Waals surface area contributed by atoms with E-state index in [0.29, 0.717) is 0 Å². The Hall–Kier alpha value is 0.320. The van der Waals surface area contributed by atoms with Gasteiger partial charge in [-0.05, 0) is 6.54 Å². The molecule has 0 saturated carbocycles. The zero-order chi connectivity index (χ0) is 7.54. The molecular formula is C4H12N3NaO2. The number of nitrogens with zero attached hydrogens (tertiary/aromatic N) is 1. The van der Waals surface area contributed by atoms with Crippen LogP contribution in [0.15, 0.2) is 5.34 Å². The van der Waals surface area contributed by atoms with Crippen LogP contribution in [0.3, 0.4) is 0 Å². The molecule has 56 valence electrons. The Morgan fingerprint density at radius 2 is 2.10 bits per heavy atom. The second-order valence-corrected chi connectivity index (χ2v) is 1.22. The van der Waals surface area contributed by atoms with E-state index in [0.717, 1.165) is 25.0 Å². The fraction of sp³-hybridized carbons (Fsp3) is 1.00. The quantitative estimate of drug-likeness (QED) is 0.195. The van der Waals surface area contributed by atoms with Gasteiger partial charge in [-0.3, -0.25) is 0 Å². The van der Waals surface area contributed by atoms with Crippen molar-refractivity contribution in [2.45, 2.75) is 6.92 Å². The average Bonchev–Trinajstić information content (AvgIpc) is 1.86. The van der Waals surface area contributed by atoms with Crippen LogP contribution in [-0.2, 0) is 0 Å². The monoisotopic (exact) mass is 157 g/mol. The van der Waals surface area contributed by atoms with Gasteiger partial charge >= 0.3 is 29.6 Å². The van der Waals surface area contributed by atoms with Gasteiger partial charge in [-0.25, -0.2) is 0 Å². The number of hydrogen-bond donors (Lipinski definition) is 2. The van der Waals surface area contributed by atoms with E-state index < -0.39 is 0 Å². The summed E-state index contributed by atoms with van der Waals surface area (Å²) in [6.07, 6.45) is 0. The first kappa shape index (κ1) is 16.7. The standard InChI is InChI=1S/C4H12N2.HNO2.Na/c1-2-6-4-3-5;2-1-3;/h6H,2-5H2,1H3;(H,2,3);/q;;+1/p-1. The first-order chi connectivity index (χ1) is 4.33. The third-order valence-electron chi connectivity index (χ3n) is 0.571. The zero-order valence-corrected chi connectivity index (χ0v) is 8.46. The third kappa shape index (κ3) is 40.4. The van der Waals surface area contributed by atoms with Gasteiger partial charge in [0.05, 0.1) is 0 Å². The van der Waals surface area contributed by atoms with Crippen LogP contribution in [0.25, 0.3) is 0 Å². The van der Waals surface area contributed by atoms with Crippen molar-refractivity contribution in [1.29, 1.82) is 0 Å². The second kappa shape index (κ2) is 22.8. The topological polar surface area (TPSA) is 90.5 Å². The molecule has 0 aliphatic carbocycles. The molecule has 10 heavy (non-hydrogen) atoms. The van der Waals surface area contributed by atoms with E-state index >= 15 is 0 Å². The minimum Gasteiger partial charge on any atom is -0.444 e. The van der Waals surface area contributed by atoms with Gasteiger partial charge in [-0.15, -0.1) is 5.34 Å². The number of nitrogens with one attached hydrogen (secondary N) is 1. The predicted octanol–water partition coefficient (Wildman–Crippen LogP) is -3.19. The van der Waals surface area contributed by atoms with Crippen molar-refractivity contribution in [1.82, 2.24) is 5.32 Å². The molecule has 3 N–H and O–H groups in total. The Labute approximate surface area is 82.6 Å². The Bertz CT molecular complexity index is 51.8. The first-order valence-corrected chi connectivity index (χ1v) is 2.69. The number of hydrogen-bond acceptors (Lipinski definition) is 5. The van der Waals surface area contributed by atoms with E-state index in [1.165, 1.54) is 0 Å². The predicted molar refractivity (Wildman–Crippen MR) is 36.8 cm³/mol. The molecule has 0 aromatic carbocycles. The maximum absolute atomic E-state index is 8.00. The van der Waals surface area contributed by atoms with E-state index in [-0.39, 0.29) is 29.6 Å². The molecule has 0 bridgehead atoms. The van der Waals surface area contributed by atoms with Crippen LogP contribution in [-0.4, -0.2) is 19.6 Å². The molecule has 0 aliphatic heterocycles. The van der Waals surface area contributed by atoms with Gasteiger partial charge < -0.3 is 21.2 Å². The third-order valence-corrected chi connectivity index (χ3v) is 0.571. The molecule has 0 fully saturated rings. The smallest absolute Gasteiger partial charge is 0.444 e. The first-order valence-electron chi connectivity index (χ1n) is 2.69. The van der Waals surface area contributed by atoms with Crippen molar-refractivity contribution in [3.63, 3.8) is 0 Å². The van der Waals surface area contributed by atoms with Gasteiger partial charge in [0, 0.05) is 13.1 Å². The summed E-state index contributed by atoms with van der Waals surface area (Å²) in [5, 5.41) is 12.1. The molecule has 0 rings (SSSR count). The minimum absolute atomic E-state index is 0. The SMILES string of the molecule is CCNCCN.O=N[O-].[Na+]. The molecule has 0 aliphatic rings. The summed E-state index contributed by atoms with van der Waals surface area (Å²) in [5.41, 5.74) is 5.15. The van der Waals surface area contributed by atoms with Gasteiger partial charge in [0.25, 0.3) is 0 Å². The van der Waals surface area contributed by atoms with Gasteiger partial charge in [0.1, 0.15) is 0 Å². The fourth-order valence-electron chi connectivity index (χ4n) is 0.279. The molecule has 0 amide bonds. The molecule has 0 unspecified atom stereocenters. The largest absolute Gasteiger partial charge is 1.00 e. The summed E-state index contributed by atoms with van der Waals surface area (Å²) >= 11 is 0. The summed E-state index contributed by atoms with van der Waals surface area (Å²) in [7, 11) is 0. The van der Waals surface area contributed by atoms with E-state index in [4.69, 9.17) is 15.8 Å². The molecule has 5 nitrogen and oxygen atoms in total. The van der Waals surface area contributed by atoms with Crippen LogP contribution in [0.5, 0.6) is 0 Å². The van der Waals surface area contributed by atoms with Crippen LogP contribution in [0, 0.1) is 10.1 Å². The fourth-order valence-corrected chi connectivity index (χ4v) is 0.279. The van der Waals surface area contributed by atoms with Gasteiger partial charge in [0.2, 0.25) is 0 Å². The van der Waals surface area contributed by atoms with Gasteiger partial charge in [-0.2, -0.15) is 0 Å². The van der Waals surface area contributed by atoms with Gasteiger partial charge in [-0.1, -0.05) is 6.92 Å². The van der Waals surface area contributed by atoms with Crippen LogP contribution < -0.4 is 40.6 Å². The molecular weight excluding hydrogens is 145 g/mol. The van der Waals surface area contributed by atoms with Crippen molar-refractivity contribution in [3.05, 3.63) is 10.1 Å². The van der Waals surface area contributed by atoms with Crippen LogP contribution in [0.4, 0.5) is 0 Å². The Morgan fingerprint density at radius 3 is 2.20 bits per heavy atom.